The molecule has 1 N–H and O–H groups in total. The first-order valence-electron chi connectivity index (χ1n) is 3.82. The molecule has 66 valence electrons. The molecule has 2 rings (SSSR count). The van der Waals surface area contributed by atoms with E-state index in [-0.39, 0.29) is 6.42 Å². The van der Waals surface area contributed by atoms with Crippen LogP contribution in [0.3, 0.4) is 0 Å². The first-order chi connectivity index (χ1) is 6.27. The number of fused-ring (bicyclic) bond motifs is 1. The Hall–Kier alpha value is -1.42. The number of nitrogens with zero attached hydrogens (tertiary/aromatic N) is 1. The molecule has 0 aliphatic heterocycles. The molecule has 0 radical (unpaired) electrons. The van der Waals surface area contributed by atoms with Crippen LogP contribution in [-0.4, -0.2) is 15.4 Å². The summed E-state index contributed by atoms with van der Waals surface area (Å²) in [7, 11) is 0. The summed E-state index contributed by atoms with van der Waals surface area (Å²) in [5, 5.41) is 9.58. The zero-order valence-corrected chi connectivity index (χ0v) is 7.54. The second kappa shape index (κ2) is 3.14. The molecule has 4 heteroatoms. The van der Waals surface area contributed by atoms with Gasteiger partial charge in [-0.15, -0.1) is 0 Å². The molecule has 1 heterocycles. The molecule has 0 atom stereocenters. The third-order valence-corrected chi connectivity index (χ3v) is 2.64. The molecule has 0 aliphatic carbocycles. The monoisotopic (exact) mass is 193 g/mol. The van der Waals surface area contributed by atoms with Gasteiger partial charge in [0.15, 0.2) is 0 Å². The van der Waals surface area contributed by atoms with Crippen LogP contribution in [0.4, 0.5) is 0 Å². The normalized spacial score (nSPS) is 10.5. The first kappa shape index (κ1) is 8.19. The lowest BCUT2D eigenvalue weighted by Crippen LogP contribution is -1.97. The Labute approximate surface area is 78.8 Å². The van der Waals surface area contributed by atoms with Crippen molar-refractivity contribution < 1.29 is 9.90 Å². The lowest BCUT2D eigenvalue weighted by atomic mass is 10.2. The van der Waals surface area contributed by atoms with Crippen molar-refractivity contribution in [3.05, 3.63) is 29.1 Å². The molecule has 1 aromatic heterocycles. The maximum Gasteiger partial charge on any atom is 0.308 e. The summed E-state index contributed by atoms with van der Waals surface area (Å²) in [6, 6.07) is 7.57. The number of carboxylic acid groups (broad SMARTS) is 1. The van der Waals surface area contributed by atoms with Crippen LogP contribution in [0.1, 0.15) is 4.88 Å². The number of rotatable bonds is 2. The van der Waals surface area contributed by atoms with Gasteiger partial charge in [-0.3, -0.25) is 4.79 Å². The maximum absolute atomic E-state index is 10.5. The zero-order valence-electron chi connectivity index (χ0n) is 6.73. The molecule has 0 aliphatic rings. The summed E-state index contributed by atoms with van der Waals surface area (Å²) in [5.74, 6) is -0.811. The SMILES string of the molecule is O=C(O)Cc1snc2ccccc12. The van der Waals surface area contributed by atoms with Gasteiger partial charge in [0.1, 0.15) is 0 Å². The van der Waals surface area contributed by atoms with Gasteiger partial charge in [0, 0.05) is 10.3 Å². The van der Waals surface area contributed by atoms with Crippen LogP contribution in [0.5, 0.6) is 0 Å². The van der Waals surface area contributed by atoms with E-state index in [9.17, 15) is 4.79 Å². The highest BCUT2D eigenvalue weighted by molar-refractivity contribution is 7.07. The van der Waals surface area contributed by atoms with E-state index in [1.165, 1.54) is 11.5 Å². The predicted molar refractivity (Wildman–Crippen MR) is 51.0 cm³/mol. The van der Waals surface area contributed by atoms with E-state index in [4.69, 9.17) is 5.11 Å². The summed E-state index contributed by atoms with van der Waals surface area (Å²) in [4.78, 5) is 11.3. The van der Waals surface area contributed by atoms with Gasteiger partial charge in [0.25, 0.3) is 0 Å². The van der Waals surface area contributed by atoms with Crippen LogP contribution < -0.4 is 0 Å². The average Bonchev–Trinajstić information content (AvgIpc) is 2.48. The topological polar surface area (TPSA) is 50.2 Å². The fraction of sp³-hybridized carbons (Fsp3) is 0.111. The zero-order chi connectivity index (χ0) is 9.26. The molecule has 0 saturated carbocycles. The van der Waals surface area contributed by atoms with Crippen molar-refractivity contribution in [2.45, 2.75) is 6.42 Å². The number of carbonyl (C=O) groups is 1. The van der Waals surface area contributed by atoms with Crippen molar-refractivity contribution in [3.8, 4) is 0 Å². The summed E-state index contributed by atoms with van der Waals surface area (Å²) >= 11 is 1.26. The second-order valence-corrected chi connectivity index (χ2v) is 3.55. The van der Waals surface area contributed by atoms with Crippen molar-refractivity contribution in [1.82, 2.24) is 4.37 Å². The quantitative estimate of drug-likeness (QED) is 0.792. The fourth-order valence-electron chi connectivity index (χ4n) is 1.21. The van der Waals surface area contributed by atoms with Gasteiger partial charge in [0.2, 0.25) is 0 Å². The van der Waals surface area contributed by atoms with Crippen LogP contribution >= 0.6 is 11.5 Å². The summed E-state index contributed by atoms with van der Waals surface area (Å²) in [5.41, 5.74) is 0.878. The molecule has 0 amide bonds. The Bertz CT molecular complexity index is 450. The number of hydrogen-bond donors (Lipinski definition) is 1. The molecule has 1 aromatic carbocycles. The van der Waals surface area contributed by atoms with Crippen molar-refractivity contribution in [3.63, 3.8) is 0 Å². The summed E-state index contributed by atoms with van der Waals surface area (Å²) in [6.07, 6.45) is 0.0607. The van der Waals surface area contributed by atoms with Crippen LogP contribution in [0, 0.1) is 0 Å². The third kappa shape index (κ3) is 1.53. The molecule has 0 saturated heterocycles. The number of carboxylic acids is 1. The van der Waals surface area contributed by atoms with Crippen molar-refractivity contribution >= 4 is 28.4 Å². The van der Waals surface area contributed by atoms with Gasteiger partial charge >= 0.3 is 5.97 Å². The predicted octanol–water partition coefficient (Wildman–Crippen LogP) is 1.92. The van der Waals surface area contributed by atoms with E-state index in [2.05, 4.69) is 4.37 Å². The molecular weight excluding hydrogens is 186 g/mol. The van der Waals surface area contributed by atoms with Gasteiger partial charge in [-0.2, -0.15) is 4.37 Å². The van der Waals surface area contributed by atoms with Crippen molar-refractivity contribution in [2.24, 2.45) is 0 Å². The average molecular weight is 193 g/mol. The van der Waals surface area contributed by atoms with Gasteiger partial charge < -0.3 is 5.11 Å². The molecule has 13 heavy (non-hydrogen) atoms. The van der Waals surface area contributed by atoms with E-state index in [0.717, 1.165) is 15.8 Å². The Balaban J connectivity index is 2.51. The highest BCUT2D eigenvalue weighted by Crippen LogP contribution is 2.22. The smallest absolute Gasteiger partial charge is 0.308 e. The minimum Gasteiger partial charge on any atom is -0.481 e. The minimum absolute atomic E-state index is 0.0607. The molecule has 2 aromatic rings. The molecule has 0 fully saturated rings. The number of hydrogen-bond acceptors (Lipinski definition) is 3. The van der Waals surface area contributed by atoms with Crippen LogP contribution in [0.25, 0.3) is 10.9 Å². The van der Waals surface area contributed by atoms with E-state index < -0.39 is 5.97 Å². The van der Waals surface area contributed by atoms with Gasteiger partial charge in [-0.25, -0.2) is 0 Å². The standard InChI is InChI=1S/C9H7NO2S/c11-9(12)5-8-6-3-1-2-4-7(6)10-13-8/h1-4H,5H2,(H,11,12). The van der Waals surface area contributed by atoms with E-state index in [1.807, 2.05) is 24.3 Å². The van der Waals surface area contributed by atoms with Crippen molar-refractivity contribution in [1.29, 1.82) is 0 Å². The highest BCUT2D eigenvalue weighted by atomic mass is 32.1. The molecule has 0 unspecified atom stereocenters. The Morgan fingerprint density at radius 2 is 2.23 bits per heavy atom. The van der Waals surface area contributed by atoms with Gasteiger partial charge in [-0.05, 0) is 17.6 Å². The van der Waals surface area contributed by atoms with Crippen LogP contribution in [0.2, 0.25) is 0 Å². The van der Waals surface area contributed by atoms with E-state index in [1.54, 1.807) is 0 Å². The van der Waals surface area contributed by atoms with E-state index in [0.29, 0.717) is 0 Å². The molecule has 3 nitrogen and oxygen atoms in total. The van der Waals surface area contributed by atoms with E-state index >= 15 is 0 Å². The third-order valence-electron chi connectivity index (χ3n) is 1.77. The Kier molecular flexibility index (Phi) is 1.98. The maximum atomic E-state index is 10.5. The summed E-state index contributed by atoms with van der Waals surface area (Å²) in [6.45, 7) is 0. The number of benzene rings is 1. The first-order valence-corrected chi connectivity index (χ1v) is 4.60. The number of aromatic nitrogens is 1. The van der Waals surface area contributed by atoms with Gasteiger partial charge in [-0.1, -0.05) is 18.2 Å². The molecular formula is C9H7NO2S. The van der Waals surface area contributed by atoms with Crippen molar-refractivity contribution in [2.75, 3.05) is 0 Å². The number of aliphatic carboxylic acids is 1. The molecule has 0 spiro atoms. The van der Waals surface area contributed by atoms with Crippen LogP contribution in [-0.2, 0) is 11.2 Å². The van der Waals surface area contributed by atoms with Gasteiger partial charge in [0.05, 0.1) is 11.9 Å². The second-order valence-electron chi connectivity index (χ2n) is 2.69. The lowest BCUT2D eigenvalue weighted by Gasteiger charge is -1.90. The Morgan fingerprint density at radius 3 is 3.00 bits per heavy atom. The Morgan fingerprint density at radius 1 is 1.46 bits per heavy atom. The highest BCUT2D eigenvalue weighted by Gasteiger charge is 2.08. The summed E-state index contributed by atoms with van der Waals surface area (Å²) < 4.78 is 4.15. The minimum atomic E-state index is -0.811. The lowest BCUT2D eigenvalue weighted by molar-refractivity contribution is -0.136. The van der Waals surface area contributed by atoms with Crippen LogP contribution in [0.15, 0.2) is 24.3 Å². The largest absolute Gasteiger partial charge is 0.481 e. The fourth-order valence-corrected chi connectivity index (χ4v) is 2.03. The molecule has 0 bridgehead atoms.